The Kier molecular flexibility index (Phi) is 5.59. The van der Waals surface area contributed by atoms with Gasteiger partial charge in [-0.25, -0.2) is 0 Å². The van der Waals surface area contributed by atoms with Crippen molar-refractivity contribution in [2.24, 2.45) is 23.2 Å². The Hall–Kier alpha value is -0.263. The number of hydrogen-bond donors (Lipinski definition) is 0. The van der Waals surface area contributed by atoms with Gasteiger partial charge in [0.25, 0.3) is 0 Å². The van der Waals surface area contributed by atoms with E-state index >= 15 is 0 Å². The maximum absolute atomic E-state index is 6.15. The molecule has 130 valence electrons. The van der Waals surface area contributed by atoms with Crippen LogP contribution in [0.15, 0.2) is 0 Å². The van der Waals surface area contributed by atoms with Crippen LogP contribution in [-0.2, 0) is 4.74 Å². The summed E-state index contributed by atoms with van der Waals surface area (Å²) < 4.78 is 6.15. The van der Waals surface area contributed by atoms with Gasteiger partial charge in [0.15, 0.2) is 0 Å². The largest absolute Gasteiger partial charge is 0.380 e. The van der Waals surface area contributed by atoms with Gasteiger partial charge in [-0.15, -0.1) is 11.5 Å². The van der Waals surface area contributed by atoms with Crippen molar-refractivity contribution in [3.05, 3.63) is 0 Å². The molecule has 0 spiro atoms. The lowest BCUT2D eigenvalue weighted by Gasteiger charge is -2.56. The molecule has 0 heterocycles. The molecular weight excluding hydrogens is 296 g/mol. The molecule has 2 heteroatoms. The highest BCUT2D eigenvalue weighted by Gasteiger charge is 2.50. The van der Waals surface area contributed by atoms with Crippen LogP contribution in [0.4, 0.5) is 0 Å². The van der Waals surface area contributed by atoms with Gasteiger partial charge >= 0.3 is 0 Å². The molecule has 23 heavy (non-hydrogen) atoms. The zero-order valence-electron chi connectivity index (χ0n) is 15.6. The van der Waals surface area contributed by atoms with Gasteiger partial charge in [0.05, 0.1) is 13.2 Å². The summed E-state index contributed by atoms with van der Waals surface area (Å²) in [6.07, 6.45) is 9.92. The van der Waals surface area contributed by atoms with E-state index in [1.54, 1.807) is 0 Å². The van der Waals surface area contributed by atoms with E-state index in [2.05, 4.69) is 32.2 Å². The molecule has 0 aromatic heterocycles. The molecule has 0 radical (unpaired) electrons. The maximum Gasteiger partial charge on any atom is 0.137 e. The van der Waals surface area contributed by atoms with Crippen molar-refractivity contribution in [3.63, 3.8) is 0 Å². The maximum atomic E-state index is 6.15. The highest BCUT2D eigenvalue weighted by atomic mass is 28.3. The quantitative estimate of drug-likeness (QED) is 0.332. The standard InChI is InChI=1S/C21H36OSi/c1-4-23(5-2,6-3)10-8-7-9-22-17-21-14-18-11-19(15-21)13-20(12-18)16-21/h18-20H,4-7,9,11-17H2,1-3H3. The first kappa shape index (κ1) is 17.6. The van der Waals surface area contributed by atoms with Crippen LogP contribution in [-0.4, -0.2) is 21.3 Å². The lowest BCUT2D eigenvalue weighted by molar-refractivity contribution is -0.0956. The smallest absolute Gasteiger partial charge is 0.137 e. The van der Waals surface area contributed by atoms with E-state index in [0.717, 1.165) is 37.4 Å². The highest BCUT2D eigenvalue weighted by Crippen LogP contribution is 2.60. The first-order valence-corrected chi connectivity index (χ1v) is 12.8. The van der Waals surface area contributed by atoms with Gasteiger partial charge in [0.2, 0.25) is 0 Å². The minimum Gasteiger partial charge on any atom is -0.380 e. The van der Waals surface area contributed by atoms with Crippen molar-refractivity contribution in [1.29, 1.82) is 0 Å². The van der Waals surface area contributed by atoms with Crippen LogP contribution in [0.1, 0.15) is 65.7 Å². The van der Waals surface area contributed by atoms with Gasteiger partial charge in [0, 0.05) is 6.42 Å². The Morgan fingerprint density at radius 2 is 1.43 bits per heavy atom. The van der Waals surface area contributed by atoms with Crippen molar-refractivity contribution in [3.8, 4) is 11.5 Å². The molecule has 0 unspecified atom stereocenters. The second-order valence-electron chi connectivity index (χ2n) is 8.86. The minimum absolute atomic E-state index is 0.566. The number of hydrogen-bond acceptors (Lipinski definition) is 1. The average Bonchev–Trinajstić information content (AvgIpc) is 2.54. The molecule has 4 bridgehead atoms. The first-order valence-electron chi connectivity index (χ1n) is 10.2. The van der Waals surface area contributed by atoms with E-state index in [4.69, 9.17) is 4.74 Å². The summed E-state index contributed by atoms with van der Waals surface area (Å²) in [4.78, 5) is 0. The molecule has 4 fully saturated rings. The van der Waals surface area contributed by atoms with E-state index < -0.39 is 8.07 Å². The van der Waals surface area contributed by atoms with Gasteiger partial charge in [0.1, 0.15) is 8.07 Å². The molecule has 0 N–H and O–H groups in total. The monoisotopic (exact) mass is 332 g/mol. The summed E-state index contributed by atoms with van der Waals surface area (Å²) >= 11 is 0. The van der Waals surface area contributed by atoms with Crippen LogP contribution in [0.3, 0.4) is 0 Å². The van der Waals surface area contributed by atoms with Crippen LogP contribution in [0.25, 0.3) is 0 Å². The van der Waals surface area contributed by atoms with Gasteiger partial charge in [-0.2, -0.15) is 0 Å². The second kappa shape index (κ2) is 7.32. The summed E-state index contributed by atoms with van der Waals surface area (Å²) in [7, 11) is -1.25. The summed E-state index contributed by atoms with van der Waals surface area (Å²) in [5.74, 6) is 6.59. The molecule has 0 saturated heterocycles. The SMILES string of the molecule is CC[Si](C#CCCOCC12CC3CC(CC(C3)C1)C2)(CC)CC. The minimum atomic E-state index is -1.25. The Balaban J connectivity index is 1.43. The van der Waals surface area contributed by atoms with E-state index in [1.165, 1.54) is 56.7 Å². The Morgan fingerprint density at radius 3 is 1.91 bits per heavy atom. The van der Waals surface area contributed by atoms with E-state index in [1.807, 2.05) is 0 Å². The Bertz CT molecular complexity index is 411. The molecule has 1 nitrogen and oxygen atoms in total. The van der Waals surface area contributed by atoms with E-state index in [0.29, 0.717) is 5.41 Å². The Morgan fingerprint density at radius 1 is 0.913 bits per heavy atom. The van der Waals surface area contributed by atoms with Crippen molar-refractivity contribution >= 4 is 8.07 Å². The summed E-state index contributed by atoms with van der Waals surface area (Å²) in [6.45, 7) is 8.87. The molecule has 4 aliphatic carbocycles. The fourth-order valence-electron chi connectivity index (χ4n) is 6.14. The second-order valence-corrected chi connectivity index (χ2v) is 13.8. The van der Waals surface area contributed by atoms with Crippen molar-refractivity contribution < 1.29 is 4.74 Å². The van der Waals surface area contributed by atoms with Crippen LogP contribution in [0.2, 0.25) is 18.1 Å². The normalized spacial score (nSPS) is 35.2. The molecule has 0 aliphatic heterocycles. The summed E-state index contributed by atoms with van der Waals surface area (Å²) in [5.41, 5.74) is 4.25. The molecule has 0 atom stereocenters. The molecular formula is C21H36OSi. The van der Waals surface area contributed by atoms with Crippen LogP contribution in [0.5, 0.6) is 0 Å². The first-order chi connectivity index (χ1) is 11.1. The zero-order valence-corrected chi connectivity index (χ0v) is 16.6. The molecule has 4 aliphatic rings. The summed E-state index contributed by atoms with van der Waals surface area (Å²) in [5, 5.41) is 0. The van der Waals surface area contributed by atoms with Crippen molar-refractivity contribution in [2.75, 3.05) is 13.2 Å². The molecule has 0 aromatic rings. The Labute approximate surface area is 145 Å². The molecule has 0 aromatic carbocycles. The average molecular weight is 333 g/mol. The van der Waals surface area contributed by atoms with Crippen molar-refractivity contribution in [1.82, 2.24) is 0 Å². The van der Waals surface area contributed by atoms with Crippen LogP contribution < -0.4 is 0 Å². The van der Waals surface area contributed by atoms with Crippen molar-refractivity contribution in [2.45, 2.75) is 83.8 Å². The van der Waals surface area contributed by atoms with Gasteiger partial charge in [-0.3, -0.25) is 0 Å². The van der Waals surface area contributed by atoms with Gasteiger partial charge < -0.3 is 4.74 Å². The number of ether oxygens (including phenoxy) is 1. The van der Waals surface area contributed by atoms with Crippen LogP contribution >= 0.6 is 0 Å². The zero-order chi connectivity index (χ0) is 16.3. The predicted octanol–water partition coefficient (Wildman–Crippen LogP) is 5.66. The lowest BCUT2D eigenvalue weighted by atomic mass is 9.50. The molecule has 4 rings (SSSR count). The summed E-state index contributed by atoms with van der Waals surface area (Å²) in [6, 6.07) is 3.92. The highest BCUT2D eigenvalue weighted by molar-refractivity contribution is 6.87. The van der Waals surface area contributed by atoms with E-state index in [-0.39, 0.29) is 0 Å². The fraction of sp³-hybridized carbons (Fsp3) is 0.905. The van der Waals surface area contributed by atoms with E-state index in [9.17, 15) is 0 Å². The van der Waals surface area contributed by atoms with Gasteiger partial charge in [-0.05, 0) is 79.8 Å². The fourth-order valence-corrected chi connectivity index (χ4v) is 8.67. The third-order valence-electron chi connectivity index (χ3n) is 7.33. The molecule has 4 saturated carbocycles. The predicted molar refractivity (Wildman–Crippen MR) is 101 cm³/mol. The third-order valence-corrected chi connectivity index (χ3v) is 12.1. The lowest BCUT2D eigenvalue weighted by Crippen LogP contribution is -2.48. The van der Waals surface area contributed by atoms with Crippen LogP contribution in [0, 0.1) is 34.6 Å². The third kappa shape index (κ3) is 3.88. The number of rotatable bonds is 7. The molecule has 0 amide bonds. The topological polar surface area (TPSA) is 9.23 Å². The van der Waals surface area contributed by atoms with Gasteiger partial charge in [-0.1, -0.05) is 20.8 Å².